The van der Waals surface area contributed by atoms with Crippen LogP contribution in [0.5, 0.6) is 5.75 Å². The van der Waals surface area contributed by atoms with Crippen LogP contribution in [-0.2, 0) is 9.53 Å². The lowest BCUT2D eigenvalue weighted by Crippen LogP contribution is -2.17. The molecule has 2 heterocycles. The second-order valence-corrected chi connectivity index (χ2v) is 8.46. The maximum Gasteiger partial charge on any atom is 0.248 e. The van der Waals surface area contributed by atoms with Crippen molar-refractivity contribution in [1.29, 1.82) is 0 Å². The highest BCUT2D eigenvalue weighted by Gasteiger charge is 2.20. The number of halogens is 2. The first kappa shape index (κ1) is 23.9. The number of ether oxygens (including phenoxy) is 2. The van der Waals surface area contributed by atoms with Gasteiger partial charge >= 0.3 is 0 Å². The fourth-order valence-corrected chi connectivity index (χ4v) is 3.60. The standard InChI is InChI=1S/C24H25ClFN5O3/c1-31(2)9-3-5-22(32)30-20-12-16-19(13-21(20)34-23-6-4-10-33-23)27-14-28-24(16)29-15-7-8-18(26)17(25)11-15/h3,5,7-8,11-14,23H,4,6,9-10H2,1-2H3,(H,30,32)(H,27,28,29)/b5-3+/t23-/m1/s1. The summed E-state index contributed by atoms with van der Waals surface area (Å²) >= 11 is 5.91. The molecule has 1 atom stereocenters. The average molecular weight is 486 g/mol. The zero-order valence-corrected chi connectivity index (χ0v) is 19.6. The fraction of sp³-hybridized carbons (Fsp3) is 0.292. The molecule has 1 saturated heterocycles. The molecule has 8 nitrogen and oxygen atoms in total. The third-order valence-electron chi connectivity index (χ3n) is 5.06. The van der Waals surface area contributed by atoms with Gasteiger partial charge in [-0.1, -0.05) is 17.7 Å². The van der Waals surface area contributed by atoms with Gasteiger partial charge in [0.25, 0.3) is 0 Å². The molecule has 34 heavy (non-hydrogen) atoms. The number of nitrogens with zero attached hydrogens (tertiary/aromatic N) is 3. The van der Waals surface area contributed by atoms with Gasteiger partial charge in [0.05, 0.1) is 22.8 Å². The van der Waals surface area contributed by atoms with Crippen molar-refractivity contribution in [1.82, 2.24) is 14.9 Å². The molecular formula is C24H25ClFN5O3. The topological polar surface area (TPSA) is 88.6 Å². The largest absolute Gasteiger partial charge is 0.463 e. The number of anilines is 3. The zero-order chi connectivity index (χ0) is 24.1. The van der Waals surface area contributed by atoms with E-state index in [4.69, 9.17) is 21.1 Å². The summed E-state index contributed by atoms with van der Waals surface area (Å²) in [4.78, 5) is 23.2. The molecule has 0 aliphatic carbocycles. The first-order valence-electron chi connectivity index (χ1n) is 10.8. The van der Waals surface area contributed by atoms with E-state index in [9.17, 15) is 9.18 Å². The number of rotatable bonds is 8. The Bertz CT molecular complexity index is 1210. The number of hydrogen-bond donors (Lipinski definition) is 2. The molecule has 0 bridgehead atoms. The highest BCUT2D eigenvalue weighted by atomic mass is 35.5. The molecule has 1 aliphatic heterocycles. The van der Waals surface area contributed by atoms with Gasteiger partial charge in [-0.2, -0.15) is 0 Å². The number of fused-ring (bicyclic) bond motifs is 1. The lowest BCUT2D eigenvalue weighted by molar-refractivity contribution is -0.112. The van der Waals surface area contributed by atoms with Gasteiger partial charge in [0.15, 0.2) is 6.29 Å². The summed E-state index contributed by atoms with van der Waals surface area (Å²) in [6, 6.07) is 7.78. The zero-order valence-electron chi connectivity index (χ0n) is 18.8. The Morgan fingerprint density at radius 3 is 2.91 bits per heavy atom. The predicted octanol–water partition coefficient (Wildman–Crippen LogP) is 4.74. The highest BCUT2D eigenvalue weighted by Crippen LogP contribution is 2.35. The summed E-state index contributed by atoms with van der Waals surface area (Å²) in [5.41, 5.74) is 1.61. The van der Waals surface area contributed by atoms with Crippen LogP contribution < -0.4 is 15.4 Å². The molecule has 4 rings (SSSR count). The van der Waals surface area contributed by atoms with E-state index in [2.05, 4.69) is 20.6 Å². The van der Waals surface area contributed by atoms with E-state index in [-0.39, 0.29) is 10.9 Å². The van der Waals surface area contributed by atoms with Gasteiger partial charge < -0.3 is 25.0 Å². The molecule has 2 aromatic carbocycles. The third-order valence-corrected chi connectivity index (χ3v) is 5.35. The minimum atomic E-state index is -0.511. The molecule has 3 aromatic rings. The van der Waals surface area contributed by atoms with Crippen molar-refractivity contribution in [2.75, 3.05) is 37.9 Å². The normalized spacial score (nSPS) is 15.9. The van der Waals surface area contributed by atoms with Crippen LogP contribution in [0.25, 0.3) is 10.9 Å². The number of nitrogens with one attached hydrogen (secondary N) is 2. The minimum absolute atomic E-state index is 0.00641. The Hall–Kier alpha value is -3.27. The van der Waals surface area contributed by atoms with Gasteiger partial charge in [-0.3, -0.25) is 4.79 Å². The van der Waals surface area contributed by atoms with E-state index in [1.807, 2.05) is 19.0 Å². The highest BCUT2D eigenvalue weighted by molar-refractivity contribution is 6.31. The van der Waals surface area contributed by atoms with Crippen molar-refractivity contribution < 1.29 is 18.7 Å². The second-order valence-electron chi connectivity index (χ2n) is 8.06. The van der Waals surface area contributed by atoms with Crippen LogP contribution in [0.3, 0.4) is 0 Å². The fourth-order valence-electron chi connectivity index (χ4n) is 3.42. The average Bonchev–Trinajstić information content (AvgIpc) is 3.30. The maximum atomic E-state index is 13.6. The number of carbonyl (C=O) groups excluding carboxylic acids is 1. The summed E-state index contributed by atoms with van der Waals surface area (Å²) in [6.45, 7) is 1.26. The monoisotopic (exact) mass is 485 g/mol. The third kappa shape index (κ3) is 5.99. The quantitative estimate of drug-likeness (QED) is 0.445. The van der Waals surface area contributed by atoms with E-state index in [1.165, 1.54) is 24.5 Å². The SMILES string of the molecule is CN(C)C/C=C/C(=O)Nc1cc2c(Nc3ccc(F)c(Cl)c3)ncnc2cc1O[C@@H]1CCCO1. The Labute approximate surface area is 201 Å². The van der Waals surface area contributed by atoms with Crippen molar-refractivity contribution >= 4 is 45.6 Å². The van der Waals surface area contributed by atoms with E-state index < -0.39 is 12.1 Å². The molecule has 1 aromatic heterocycles. The van der Waals surface area contributed by atoms with Crippen LogP contribution in [0.1, 0.15) is 12.8 Å². The molecule has 0 radical (unpaired) electrons. The number of amides is 1. The van der Waals surface area contributed by atoms with E-state index in [1.54, 1.807) is 24.3 Å². The molecule has 2 N–H and O–H groups in total. The molecule has 10 heteroatoms. The summed E-state index contributed by atoms with van der Waals surface area (Å²) in [7, 11) is 3.84. The second kappa shape index (κ2) is 10.8. The van der Waals surface area contributed by atoms with Crippen molar-refractivity contribution in [2.24, 2.45) is 0 Å². The van der Waals surface area contributed by atoms with Gasteiger partial charge in [0.1, 0.15) is 23.7 Å². The minimum Gasteiger partial charge on any atom is -0.463 e. The number of carbonyl (C=O) groups is 1. The van der Waals surface area contributed by atoms with Crippen molar-refractivity contribution in [3.05, 3.63) is 59.7 Å². The summed E-state index contributed by atoms with van der Waals surface area (Å²) in [5.74, 6) is 0.108. The van der Waals surface area contributed by atoms with Gasteiger partial charge in [0.2, 0.25) is 5.91 Å². The van der Waals surface area contributed by atoms with Gasteiger partial charge in [-0.15, -0.1) is 0 Å². The van der Waals surface area contributed by atoms with Crippen molar-refractivity contribution in [2.45, 2.75) is 19.1 Å². The number of likely N-dealkylation sites (N-methyl/N-ethyl adjacent to an activating group) is 1. The van der Waals surface area contributed by atoms with Crippen molar-refractivity contribution in [3.63, 3.8) is 0 Å². The van der Waals surface area contributed by atoms with Crippen LogP contribution in [0, 0.1) is 5.82 Å². The summed E-state index contributed by atoms with van der Waals surface area (Å²) in [6.07, 6.45) is 5.93. The van der Waals surface area contributed by atoms with Crippen LogP contribution in [0.15, 0.2) is 48.8 Å². The first-order valence-corrected chi connectivity index (χ1v) is 11.2. The van der Waals surface area contributed by atoms with Crippen LogP contribution in [-0.4, -0.2) is 54.3 Å². The lowest BCUT2D eigenvalue weighted by Gasteiger charge is -2.18. The van der Waals surface area contributed by atoms with Crippen LogP contribution in [0.2, 0.25) is 5.02 Å². The number of aromatic nitrogens is 2. The van der Waals surface area contributed by atoms with Crippen LogP contribution in [0.4, 0.5) is 21.6 Å². The van der Waals surface area contributed by atoms with Crippen molar-refractivity contribution in [3.8, 4) is 5.75 Å². The molecule has 0 saturated carbocycles. The van der Waals surface area contributed by atoms with Gasteiger partial charge in [-0.05, 0) is 44.8 Å². The Morgan fingerprint density at radius 2 is 2.18 bits per heavy atom. The van der Waals surface area contributed by atoms with Gasteiger partial charge in [-0.25, -0.2) is 14.4 Å². The lowest BCUT2D eigenvalue weighted by atomic mass is 10.1. The maximum absolute atomic E-state index is 13.6. The Kier molecular flexibility index (Phi) is 7.56. The molecule has 1 amide bonds. The molecule has 1 aliphatic rings. The van der Waals surface area contributed by atoms with Crippen LogP contribution >= 0.6 is 11.6 Å². The number of hydrogen-bond acceptors (Lipinski definition) is 7. The summed E-state index contributed by atoms with van der Waals surface area (Å²) < 4.78 is 25.2. The molecular weight excluding hydrogens is 461 g/mol. The van der Waals surface area contributed by atoms with Gasteiger partial charge in [0, 0.05) is 36.2 Å². The van der Waals surface area contributed by atoms with E-state index in [0.29, 0.717) is 47.0 Å². The Morgan fingerprint density at radius 1 is 1.32 bits per heavy atom. The molecule has 178 valence electrons. The first-order chi connectivity index (χ1) is 16.4. The van der Waals surface area contributed by atoms with E-state index in [0.717, 1.165) is 12.8 Å². The smallest absolute Gasteiger partial charge is 0.248 e. The molecule has 0 unspecified atom stereocenters. The van der Waals surface area contributed by atoms with E-state index >= 15 is 0 Å². The number of benzene rings is 2. The summed E-state index contributed by atoms with van der Waals surface area (Å²) in [5, 5.41) is 6.64. The molecule has 0 spiro atoms. The molecule has 1 fully saturated rings. The predicted molar refractivity (Wildman–Crippen MR) is 130 cm³/mol. The Balaban J connectivity index is 1.68.